The summed E-state index contributed by atoms with van der Waals surface area (Å²) in [4.78, 5) is 0. The molecule has 0 bridgehead atoms. The van der Waals surface area contributed by atoms with E-state index in [2.05, 4.69) is 10.2 Å². The van der Waals surface area contributed by atoms with Crippen molar-refractivity contribution < 1.29 is 4.74 Å². The quantitative estimate of drug-likeness (QED) is 0.765. The SMILES string of the molecule is ClCCOc1cccc2cn[nH]c12. The van der Waals surface area contributed by atoms with Gasteiger partial charge in [0.1, 0.15) is 17.9 Å². The number of para-hydroxylation sites is 1. The molecule has 1 aromatic carbocycles. The van der Waals surface area contributed by atoms with Crippen molar-refractivity contribution in [2.75, 3.05) is 12.5 Å². The number of aromatic nitrogens is 2. The summed E-state index contributed by atoms with van der Waals surface area (Å²) in [6.45, 7) is 0.514. The molecular formula is C9H9ClN2O. The first-order chi connectivity index (χ1) is 6.42. The van der Waals surface area contributed by atoms with Crippen LogP contribution in [0.5, 0.6) is 5.75 Å². The van der Waals surface area contributed by atoms with Gasteiger partial charge in [0.2, 0.25) is 0 Å². The van der Waals surface area contributed by atoms with Gasteiger partial charge in [0.15, 0.2) is 0 Å². The molecule has 2 rings (SSSR count). The van der Waals surface area contributed by atoms with Crippen LogP contribution in [0.3, 0.4) is 0 Å². The lowest BCUT2D eigenvalue weighted by molar-refractivity contribution is 0.346. The maximum atomic E-state index is 5.53. The summed E-state index contributed by atoms with van der Waals surface area (Å²) < 4.78 is 5.42. The summed E-state index contributed by atoms with van der Waals surface area (Å²) in [6, 6.07) is 5.81. The van der Waals surface area contributed by atoms with Crippen LogP contribution >= 0.6 is 11.6 Å². The Balaban J connectivity index is 2.37. The molecule has 0 unspecified atom stereocenters. The summed E-state index contributed by atoms with van der Waals surface area (Å²) in [5, 5.41) is 7.86. The number of rotatable bonds is 3. The van der Waals surface area contributed by atoms with Crippen molar-refractivity contribution in [2.24, 2.45) is 0 Å². The number of nitrogens with one attached hydrogen (secondary N) is 1. The highest BCUT2D eigenvalue weighted by atomic mass is 35.5. The molecule has 0 amide bonds. The third-order valence-corrected chi connectivity index (χ3v) is 1.93. The van der Waals surface area contributed by atoms with Crippen LogP contribution in [-0.2, 0) is 0 Å². The highest BCUT2D eigenvalue weighted by Gasteiger charge is 2.01. The molecule has 0 spiro atoms. The monoisotopic (exact) mass is 196 g/mol. The highest BCUT2D eigenvalue weighted by molar-refractivity contribution is 6.18. The van der Waals surface area contributed by atoms with Crippen LogP contribution < -0.4 is 4.74 Å². The van der Waals surface area contributed by atoms with Crippen LogP contribution in [0, 0.1) is 0 Å². The number of halogens is 1. The molecule has 1 heterocycles. The van der Waals surface area contributed by atoms with Gasteiger partial charge in [0.25, 0.3) is 0 Å². The Morgan fingerprint density at radius 1 is 1.46 bits per heavy atom. The number of H-pyrrole nitrogens is 1. The average molecular weight is 197 g/mol. The minimum atomic E-state index is 0.491. The number of hydrogen-bond acceptors (Lipinski definition) is 2. The number of alkyl halides is 1. The zero-order valence-electron chi connectivity index (χ0n) is 6.96. The molecule has 0 saturated carbocycles. The Labute approximate surface area is 80.7 Å². The van der Waals surface area contributed by atoms with Crippen LogP contribution in [0.15, 0.2) is 24.4 Å². The Hall–Kier alpha value is -1.22. The van der Waals surface area contributed by atoms with E-state index in [0.29, 0.717) is 12.5 Å². The van der Waals surface area contributed by atoms with E-state index in [-0.39, 0.29) is 0 Å². The standard InChI is InChI=1S/C9H9ClN2O/c10-4-5-13-8-3-1-2-7-6-11-12-9(7)8/h1-3,6H,4-5H2,(H,11,12). The van der Waals surface area contributed by atoms with E-state index in [1.807, 2.05) is 18.2 Å². The van der Waals surface area contributed by atoms with E-state index in [1.54, 1.807) is 6.20 Å². The molecule has 0 fully saturated rings. The van der Waals surface area contributed by atoms with E-state index in [9.17, 15) is 0 Å². The maximum absolute atomic E-state index is 5.53. The third kappa shape index (κ3) is 1.60. The fourth-order valence-corrected chi connectivity index (χ4v) is 1.29. The first kappa shape index (κ1) is 8.38. The lowest BCUT2D eigenvalue weighted by Gasteiger charge is -2.03. The van der Waals surface area contributed by atoms with Crippen molar-refractivity contribution in [3.05, 3.63) is 24.4 Å². The minimum Gasteiger partial charge on any atom is -0.490 e. The number of fused-ring (bicyclic) bond motifs is 1. The molecular weight excluding hydrogens is 188 g/mol. The number of hydrogen-bond donors (Lipinski definition) is 1. The Morgan fingerprint density at radius 2 is 2.38 bits per heavy atom. The van der Waals surface area contributed by atoms with Crippen LogP contribution in [0.4, 0.5) is 0 Å². The van der Waals surface area contributed by atoms with Crippen LogP contribution in [-0.4, -0.2) is 22.7 Å². The predicted molar refractivity (Wildman–Crippen MR) is 52.3 cm³/mol. The number of ether oxygens (including phenoxy) is 1. The van der Waals surface area contributed by atoms with Crippen molar-refractivity contribution in [1.29, 1.82) is 0 Å². The molecule has 4 heteroatoms. The van der Waals surface area contributed by atoms with E-state index >= 15 is 0 Å². The fraction of sp³-hybridized carbons (Fsp3) is 0.222. The molecule has 0 radical (unpaired) electrons. The highest BCUT2D eigenvalue weighted by Crippen LogP contribution is 2.22. The molecule has 0 atom stereocenters. The molecule has 0 saturated heterocycles. The average Bonchev–Trinajstić information content (AvgIpc) is 2.62. The van der Waals surface area contributed by atoms with E-state index in [1.165, 1.54) is 0 Å². The largest absolute Gasteiger partial charge is 0.490 e. The Bertz CT molecular complexity index is 399. The number of nitrogens with zero attached hydrogens (tertiary/aromatic N) is 1. The zero-order valence-corrected chi connectivity index (χ0v) is 7.71. The lowest BCUT2D eigenvalue weighted by Crippen LogP contribution is -1.98. The zero-order chi connectivity index (χ0) is 9.10. The van der Waals surface area contributed by atoms with Crippen molar-refractivity contribution in [2.45, 2.75) is 0 Å². The summed E-state index contributed by atoms with van der Waals surface area (Å²) in [5.41, 5.74) is 0.924. The van der Waals surface area contributed by atoms with Crippen LogP contribution in [0.1, 0.15) is 0 Å². The van der Waals surface area contributed by atoms with Gasteiger partial charge in [-0.1, -0.05) is 12.1 Å². The second-order valence-electron chi connectivity index (χ2n) is 2.63. The van der Waals surface area contributed by atoms with Crippen LogP contribution in [0.25, 0.3) is 10.9 Å². The molecule has 1 N–H and O–H groups in total. The van der Waals surface area contributed by atoms with Gasteiger partial charge in [-0.3, -0.25) is 5.10 Å². The van der Waals surface area contributed by atoms with E-state index in [0.717, 1.165) is 16.7 Å². The smallest absolute Gasteiger partial charge is 0.144 e. The molecule has 0 aliphatic carbocycles. The molecule has 0 aliphatic rings. The van der Waals surface area contributed by atoms with Gasteiger partial charge >= 0.3 is 0 Å². The molecule has 1 aromatic heterocycles. The fourth-order valence-electron chi connectivity index (χ4n) is 1.21. The third-order valence-electron chi connectivity index (χ3n) is 1.77. The summed E-state index contributed by atoms with van der Waals surface area (Å²) in [7, 11) is 0. The summed E-state index contributed by atoms with van der Waals surface area (Å²) >= 11 is 5.53. The molecule has 13 heavy (non-hydrogen) atoms. The molecule has 2 aromatic rings. The number of aromatic amines is 1. The van der Waals surface area contributed by atoms with E-state index < -0.39 is 0 Å². The number of benzene rings is 1. The first-order valence-electron chi connectivity index (χ1n) is 4.02. The second-order valence-corrected chi connectivity index (χ2v) is 3.01. The summed E-state index contributed by atoms with van der Waals surface area (Å²) in [5.74, 6) is 1.29. The predicted octanol–water partition coefficient (Wildman–Crippen LogP) is 2.18. The minimum absolute atomic E-state index is 0.491. The van der Waals surface area contributed by atoms with Crippen molar-refractivity contribution in [3.8, 4) is 5.75 Å². The van der Waals surface area contributed by atoms with Gasteiger partial charge in [-0.25, -0.2) is 0 Å². The normalized spacial score (nSPS) is 10.5. The maximum Gasteiger partial charge on any atom is 0.144 e. The van der Waals surface area contributed by atoms with Crippen molar-refractivity contribution in [3.63, 3.8) is 0 Å². The summed E-state index contributed by atoms with van der Waals surface area (Å²) in [6.07, 6.45) is 1.77. The van der Waals surface area contributed by atoms with Gasteiger partial charge in [-0.2, -0.15) is 5.10 Å². The van der Waals surface area contributed by atoms with Gasteiger partial charge in [0, 0.05) is 5.39 Å². The van der Waals surface area contributed by atoms with Crippen molar-refractivity contribution in [1.82, 2.24) is 10.2 Å². The molecule has 3 nitrogen and oxygen atoms in total. The second kappa shape index (κ2) is 3.66. The van der Waals surface area contributed by atoms with Gasteiger partial charge in [-0.05, 0) is 6.07 Å². The lowest BCUT2D eigenvalue weighted by atomic mass is 10.2. The molecule has 0 aliphatic heterocycles. The Morgan fingerprint density at radius 3 is 3.23 bits per heavy atom. The van der Waals surface area contributed by atoms with Gasteiger partial charge in [0.05, 0.1) is 12.1 Å². The topological polar surface area (TPSA) is 37.9 Å². The molecule has 68 valence electrons. The van der Waals surface area contributed by atoms with Gasteiger partial charge in [-0.15, -0.1) is 11.6 Å². The van der Waals surface area contributed by atoms with Crippen molar-refractivity contribution >= 4 is 22.5 Å². The van der Waals surface area contributed by atoms with E-state index in [4.69, 9.17) is 16.3 Å². The first-order valence-corrected chi connectivity index (χ1v) is 4.56. The van der Waals surface area contributed by atoms with Crippen LogP contribution in [0.2, 0.25) is 0 Å². The van der Waals surface area contributed by atoms with Gasteiger partial charge < -0.3 is 4.74 Å². The Kier molecular flexibility index (Phi) is 2.36.